The third kappa shape index (κ3) is 13.9. The average molecular weight is 1110 g/mol. The van der Waals surface area contributed by atoms with Crippen molar-refractivity contribution in [2.24, 2.45) is 11.8 Å². The summed E-state index contributed by atoms with van der Waals surface area (Å²) in [6.07, 6.45) is 0.520. The van der Waals surface area contributed by atoms with Crippen molar-refractivity contribution in [1.29, 1.82) is 0 Å². The predicted molar refractivity (Wildman–Crippen MR) is 272 cm³/mol. The van der Waals surface area contributed by atoms with Gasteiger partial charge in [0, 0.05) is 42.7 Å². The summed E-state index contributed by atoms with van der Waals surface area (Å²) in [6, 6.07) is 11.8. The van der Waals surface area contributed by atoms with Gasteiger partial charge in [-0.1, -0.05) is 0 Å². The maximum absolute atomic E-state index is 13.5. The summed E-state index contributed by atoms with van der Waals surface area (Å²) in [7, 11) is -0.303. The number of aliphatic carboxylic acids is 1. The number of carboxylic acid groups (broad SMARTS) is 1. The number of aromatic nitrogens is 4. The van der Waals surface area contributed by atoms with Crippen LogP contribution in [-0.2, 0) is 53.5 Å². The van der Waals surface area contributed by atoms with Crippen molar-refractivity contribution in [3.63, 3.8) is 0 Å². The molecule has 4 heterocycles. The maximum Gasteiger partial charge on any atom is 0.472 e. The molecule has 6 atom stereocenters. The number of carbonyl (C=O) groups excluding carboxylic acids is 3. The molecule has 418 valence electrons. The molecule has 8 N–H and O–H groups in total. The number of hydrogen-bond acceptors (Lipinski definition) is 22. The molecular weight excluding hydrogens is 1050 g/mol. The zero-order valence-electron chi connectivity index (χ0n) is 42.7. The maximum atomic E-state index is 13.5. The van der Waals surface area contributed by atoms with Crippen LogP contribution in [0.2, 0.25) is 0 Å². The summed E-state index contributed by atoms with van der Waals surface area (Å²) in [5, 5.41) is 18.0. The standard InChI is InChI=1S/C50H59N8O19P/c1-67-37-19-28(20-38(68-2)44(37)69-3)40-31-21-35-36(75-26-74-35)22-32(31)43(33-25-73-49(64)41(33)40)77-78(65,66)76-18-17-72-16-15-71-14-13-70-12-4-11-52-39(59)10-9-34(48(62)63)56-46(60)27-5-7-29(8-6-27)53-23-30-24-54-45-42(55-30)47(61)58-50(51)57-45/h5-8,19-22,24,33-34,40-41,43,53H,4,9-18,23,25-26H2,1-3H3,(H,52,59)(H,56,60)(H,62,63)(H,65,66)(H3,51,54,57,58,61)/t33-,34?,40+,41?,43-/m0/s1. The minimum atomic E-state index is -4.76. The number of nitrogens with one attached hydrogen (secondary N) is 4. The molecule has 2 aromatic heterocycles. The fraction of sp³-hybridized carbons (Fsp3) is 0.440. The first-order chi connectivity index (χ1) is 37.7. The number of nitrogen functional groups attached to an aromatic ring is 1. The van der Waals surface area contributed by atoms with E-state index in [-0.39, 0.29) is 102 Å². The number of carboxylic acids is 1. The molecule has 78 heavy (non-hydrogen) atoms. The molecule has 0 bridgehead atoms. The highest BCUT2D eigenvalue weighted by atomic mass is 31.2. The van der Waals surface area contributed by atoms with Crippen molar-refractivity contribution >= 4 is 54.4 Å². The zero-order valence-corrected chi connectivity index (χ0v) is 43.6. The monoisotopic (exact) mass is 1110 g/mol. The number of phosphoric ester groups is 1. The van der Waals surface area contributed by atoms with Crippen molar-refractivity contribution in [1.82, 2.24) is 30.6 Å². The van der Waals surface area contributed by atoms with Gasteiger partial charge in [0.15, 0.2) is 34.2 Å². The normalized spacial score (nSPS) is 18.2. The molecule has 1 saturated heterocycles. The number of amides is 2. The Bertz CT molecular complexity index is 3050. The van der Waals surface area contributed by atoms with Gasteiger partial charge in [-0.2, -0.15) is 4.98 Å². The quantitative estimate of drug-likeness (QED) is 0.0205. The van der Waals surface area contributed by atoms with E-state index in [1.54, 1.807) is 36.4 Å². The molecular formula is C50H59N8O19P. The van der Waals surface area contributed by atoms with Crippen LogP contribution >= 0.6 is 7.82 Å². The lowest BCUT2D eigenvalue weighted by Crippen LogP contribution is -2.41. The number of carbonyl (C=O) groups is 4. The summed E-state index contributed by atoms with van der Waals surface area (Å²) >= 11 is 0. The number of nitrogens with zero attached hydrogens (tertiary/aromatic N) is 3. The highest BCUT2D eigenvalue weighted by Gasteiger charge is 2.55. The van der Waals surface area contributed by atoms with Gasteiger partial charge in [0.25, 0.3) is 11.5 Å². The third-order valence-electron chi connectivity index (χ3n) is 12.8. The first-order valence-electron chi connectivity index (χ1n) is 24.6. The molecule has 2 amide bonds. The van der Waals surface area contributed by atoms with Gasteiger partial charge in [-0.3, -0.25) is 33.2 Å². The van der Waals surface area contributed by atoms with Crippen LogP contribution in [-0.4, -0.2) is 147 Å². The van der Waals surface area contributed by atoms with Crippen molar-refractivity contribution in [2.75, 3.05) is 98.6 Å². The van der Waals surface area contributed by atoms with Crippen molar-refractivity contribution < 1.29 is 85.4 Å². The second kappa shape index (κ2) is 26.1. The minimum absolute atomic E-state index is 0.0377. The van der Waals surface area contributed by atoms with E-state index in [4.69, 9.17) is 57.4 Å². The number of benzene rings is 3. The van der Waals surface area contributed by atoms with Crippen molar-refractivity contribution in [2.45, 2.75) is 43.9 Å². The van der Waals surface area contributed by atoms with Crippen LogP contribution in [0.5, 0.6) is 28.7 Å². The topological polar surface area (TPSA) is 361 Å². The van der Waals surface area contributed by atoms with Gasteiger partial charge in [-0.25, -0.2) is 19.3 Å². The number of fused-ring (bicyclic) bond motifs is 4. The number of methoxy groups -OCH3 is 3. The lowest BCUT2D eigenvalue weighted by atomic mass is 9.66. The fourth-order valence-electron chi connectivity index (χ4n) is 9.11. The molecule has 1 fully saturated rings. The number of H-pyrrole nitrogens is 1. The lowest BCUT2D eigenvalue weighted by Gasteiger charge is -2.39. The summed E-state index contributed by atoms with van der Waals surface area (Å²) < 4.78 is 74.9. The van der Waals surface area contributed by atoms with E-state index in [1.165, 1.54) is 39.7 Å². The van der Waals surface area contributed by atoms with Gasteiger partial charge in [-0.05, 0) is 78.1 Å². The van der Waals surface area contributed by atoms with Crippen LogP contribution in [0.25, 0.3) is 11.2 Å². The van der Waals surface area contributed by atoms with Gasteiger partial charge in [-0.15, -0.1) is 0 Å². The lowest BCUT2D eigenvalue weighted by molar-refractivity contribution is -0.142. The smallest absolute Gasteiger partial charge is 0.472 e. The number of esters is 1. The molecule has 27 nitrogen and oxygen atoms in total. The highest BCUT2D eigenvalue weighted by Crippen LogP contribution is 2.60. The van der Waals surface area contributed by atoms with Gasteiger partial charge >= 0.3 is 19.8 Å². The Morgan fingerprint density at radius 3 is 2.21 bits per heavy atom. The number of aromatic amines is 1. The fourth-order valence-corrected chi connectivity index (χ4v) is 10.0. The summed E-state index contributed by atoms with van der Waals surface area (Å²) in [5.74, 6) is -3.16. The second-order valence-electron chi connectivity index (χ2n) is 17.8. The molecule has 28 heteroatoms. The Kier molecular flexibility index (Phi) is 18.9. The number of ether oxygens (including phenoxy) is 9. The predicted octanol–water partition coefficient (Wildman–Crippen LogP) is 2.99. The van der Waals surface area contributed by atoms with Crippen LogP contribution in [0, 0.1) is 11.8 Å². The van der Waals surface area contributed by atoms with Gasteiger partial charge in [0.1, 0.15) is 12.1 Å². The van der Waals surface area contributed by atoms with Crippen LogP contribution in [0.15, 0.2) is 59.5 Å². The van der Waals surface area contributed by atoms with Crippen LogP contribution in [0.1, 0.15) is 64.0 Å². The van der Waals surface area contributed by atoms with E-state index in [0.29, 0.717) is 69.8 Å². The Balaban J connectivity index is 0.685. The number of phosphoric acid groups is 1. The van der Waals surface area contributed by atoms with Crippen LogP contribution in [0.4, 0.5) is 11.6 Å². The van der Waals surface area contributed by atoms with Crippen LogP contribution in [0.3, 0.4) is 0 Å². The molecule has 3 aliphatic rings. The molecule has 3 unspecified atom stereocenters. The number of hydrogen-bond donors (Lipinski definition) is 7. The van der Waals surface area contributed by atoms with Crippen LogP contribution < -0.4 is 50.9 Å². The summed E-state index contributed by atoms with van der Waals surface area (Å²) in [5.41, 5.74) is 8.15. The molecule has 3 aromatic carbocycles. The number of anilines is 2. The zero-order chi connectivity index (χ0) is 55.3. The first kappa shape index (κ1) is 56.6. The van der Waals surface area contributed by atoms with E-state index in [2.05, 4.69) is 35.9 Å². The van der Waals surface area contributed by atoms with E-state index >= 15 is 0 Å². The van der Waals surface area contributed by atoms with E-state index in [1.807, 2.05) is 0 Å². The first-order valence-corrected chi connectivity index (χ1v) is 26.1. The second-order valence-corrected chi connectivity index (χ2v) is 19.2. The summed E-state index contributed by atoms with van der Waals surface area (Å²) in [4.78, 5) is 88.6. The third-order valence-corrected chi connectivity index (χ3v) is 13.8. The van der Waals surface area contributed by atoms with E-state index in [0.717, 1.165) is 0 Å². The molecule has 1 aliphatic carbocycles. The van der Waals surface area contributed by atoms with Gasteiger partial charge in [0.05, 0.1) is 91.9 Å². The summed E-state index contributed by atoms with van der Waals surface area (Å²) in [6.45, 7) is 1.13. The largest absolute Gasteiger partial charge is 0.493 e. The molecule has 8 rings (SSSR count). The van der Waals surface area contributed by atoms with Crippen molar-refractivity contribution in [3.8, 4) is 28.7 Å². The van der Waals surface area contributed by atoms with E-state index < -0.39 is 67.0 Å². The molecule has 5 aromatic rings. The highest BCUT2D eigenvalue weighted by molar-refractivity contribution is 7.47. The van der Waals surface area contributed by atoms with Gasteiger partial charge < -0.3 is 74.3 Å². The SMILES string of the molecule is COc1cc([C@@H]2c3cc4c(cc3[C@H](OP(=O)(O)OCCOCCOCCOCCCNC(=O)CCC(NC(=O)c3ccc(NCc5cnc6nc(N)[nH]c(=O)c6n5)cc3)C(=O)O)[C@H]3COC(=O)C23)OCO4)cc(OC)c1OC. The van der Waals surface area contributed by atoms with Crippen molar-refractivity contribution in [3.05, 3.63) is 93.0 Å². The number of nitrogens with two attached hydrogens (primary N) is 1. The average Bonchev–Trinajstić information content (AvgIpc) is 4.08. The molecule has 0 saturated carbocycles. The Hall–Kier alpha value is -7.65. The van der Waals surface area contributed by atoms with Gasteiger partial charge in [0.2, 0.25) is 24.4 Å². The number of cyclic esters (lactones) is 1. The minimum Gasteiger partial charge on any atom is -0.493 e. The van der Waals surface area contributed by atoms with E-state index in [9.17, 15) is 38.5 Å². The Labute approximate surface area is 445 Å². The number of rotatable bonds is 29. The molecule has 0 radical (unpaired) electrons. The Morgan fingerprint density at radius 2 is 1.54 bits per heavy atom. The Morgan fingerprint density at radius 1 is 0.872 bits per heavy atom. The molecule has 0 spiro atoms. The molecule has 2 aliphatic heterocycles.